The van der Waals surface area contributed by atoms with Crippen LogP contribution in [0.2, 0.25) is 0 Å². The molecule has 4 aromatic rings. The standard InChI is InChI=1S/C36H34F4N4O2/c1-2-21-5-3-6-23-13-27(45)15-29(31(21)23)22-9-10-28-30(14-22)41-34(46-20-35-11-4-12-44(35)19-26(37)16-35)42-33(28)43-17-24-7-8-25(18-43)32(24)36(38,39)40/h1,3,5-6,9-10,13-15,24-26,32,45H,4,7-8,11-12,16-20H2/t24?,25?,26-,32?,35+/m1/s1. The van der Waals surface area contributed by atoms with Crippen molar-refractivity contribution >= 4 is 27.5 Å². The van der Waals surface area contributed by atoms with Gasteiger partial charge in [0, 0.05) is 42.4 Å². The molecule has 1 aliphatic carbocycles. The molecule has 4 fully saturated rings. The molecule has 1 saturated carbocycles. The van der Waals surface area contributed by atoms with E-state index in [2.05, 4.69) is 10.8 Å². The first-order valence-electron chi connectivity index (χ1n) is 16.0. The summed E-state index contributed by atoms with van der Waals surface area (Å²) in [6, 6.07) is 14.7. The number of aromatic nitrogens is 2. The van der Waals surface area contributed by atoms with Gasteiger partial charge in [0.15, 0.2) is 0 Å². The second kappa shape index (κ2) is 10.7. The highest BCUT2D eigenvalue weighted by Gasteiger charge is 2.55. The lowest BCUT2D eigenvalue weighted by Gasteiger charge is -2.39. The first kappa shape index (κ1) is 29.3. The van der Waals surface area contributed by atoms with E-state index in [1.54, 1.807) is 12.1 Å². The number of benzene rings is 3. The molecule has 3 aliphatic heterocycles. The van der Waals surface area contributed by atoms with Crippen molar-refractivity contribution in [3.8, 4) is 35.2 Å². The number of halogens is 4. The molecule has 4 aliphatic rings. The van der Waals surface area contributed by atoms with Gasteiger partial charge in [-0.15, -0.1) is 6.42 Å². The molecule has 1 aromatic heterocycles. The molecule has 0 amide bonds. The number of aromatic hydroxyl groups is 1. The molecule has 238 valence electrons. The number of phenols is 1. The second-order valence-corrected chi connectivity index (χ2v) is 13.5. The molecule has 1 N–H and O–H groups in total. The lowest BCUT2D eigenvalue weighted by Crippen LogP contribution is -2.47. The van der Waals surface area contributed by atoms with E-state index in [-0.39, 0.29) is 31.5 Å². The van der Waals surface area contributed by atoms with Crippen molar-refractivity contribution in [3.05, 3.63) is 54.1 Å². The third kappa shape index (κ3) is 4.82. The van der Waals surface area contributed by atoms with Crippen LogP contribution in [0.1, 0.15) is 37.7 Å². The number of piperidine rings is 1. The van der Waals surface area contributed by atoms with Gasteiger partial charge >= 0.3 is 12.2 Å². The summed E-state index contributed by atoms with van der Waals surface area (Å²) in [5.41, 5.74) is 2.34. The fraction of sp³-hybridized carbons (Fsp3) is 0.444. The van der Waals surface area contributed by atoms with Gasteiger partial charge < -0.3 is 14.7 Å². The van der Waals surface area contributed by atoms with Crippen molar-refractivity contribution in [1.82, 2.24) is 14.9 Å². The molecule has 0 spiro atoms. The molecule has 3 aromatic carbocycles. The monoisotopic (exact) mass is 630 g/mol. The van der Waals surface area contributed by atoms with E-state index in [1.807, 2.05) is 41.3 Å². The van der Waals surface area contributed by atoms with Crippen LogP contribution < -0.4 is 9.64 Å². The Kier molecular flexibility index (Phi) is 6.84. The van der Waals surface area contributed by atoms with Crippen molar-refractivity contribution in [2.45, 2.75) is 50.0 Å². The molecular weight excluding hydrogens is 596 g/mol. The molecule has 4 atom stereocenters. The Bertz CT molecular complexity index is 1880. The molecule has 10 heteroatoms. The van der Waals surface area contributed by atoms with E-state index < -0.39 is 35.6 Å². The van der Waals surface area contributed by atoms with E-state index in [0.717, 1.165) is 41.3 Å². The number of nitrogens with zero attached hydrogens (tertiary/aromatic N) is 4. The van der Waals surface area contributed by atoms with Crippen LogP contribution in [-0.4, -0.2) is 70.6 Å². The highest BCUT2D eigenvalue weighted by molar-refractivity contribution is 6.03. The summed E-state index contributed by atoms with van der Waals surface area (Å²) in [4.78, 5) is 13.8. The van der Waals surface area contributed by atoms with Gasteiger partial charge in [-0.25, -0.2) is 4.39 Å². The minimum atomic E-state index is -4.22. The SMILES string of the molecule is C#Cc1cccc2cc(O)cc(-c3ccc4c(N5CC6CCC(C5)C6C(F)(F)F)nc(OC[C@@]56CCCN5C[C@H](F)C6)nc4c3)c12. The van der Waals surface area contributed by atoms with E-state index >= 15 is 0 Å². The Labute approximate surface area is 264 Å². The van der Waals surface area contributed by atoms with Crippen LogP contribution in [-0.2, 0) is 0 Å². The molecule has 4 heterocycles. The van der Waals surface area contributed by atoms with Crippen LogP contribution in [0.25, 0.3) is 32.8 Å². The largest absolute Gasteiger partial charge is 0.508 e. The molecule has 0 radical (unpaired) electrons. The quantitative estimate of drug-likeness (QED) is 0.187. The predicted molar refractivity (Wildman–Crippen MR) is 169 cm³/mol. The average molecular weight is 631 g/mol. The molecule has 2 unspecified atom stereocenters. The second-order valence-electron chi connectivity index (χ2n) is 13.5. The minimum absolute atomic E-state index is 0.0929. The summed E-state index contributed by atoms with van der Waals surface area (Å²) in [5.74, 6) is 1.08. The van der Waals surface area contributed by atoms with Crippen LogP contribution in [0.3, 0.4) is 0 Å². The third-order valence-electron chi connectivity index (χ3n) is 10.8. The molecule has 8 rings (SSSR count). The van der Waals surface area contributed by atoms with Gasteiger partial charge in [-0.3, -0.25) is 4.90 Å². The maximum atomic E-state index is 14.5. The van der Waals surface area contributed by atoms with Crippen LogP contribution in [0.4, 0.5) is 23.4 Å². The maximum Gasteiger partial charge on any atom is 0.392 e. The van der Waals surface area contributed by atoms with E-state index in [1.165, 1.54) is 0 Å². The Morgan fingerprint density at radius 2 is 1.85 bits per heavy atom. The Hall–Kier alpha value is -4.10. The zero-order chi connectivity index (χ0) is 31.8. The van der Waals surface area contributed by atoms with Crippen LogP contribution in [0, 0.1) is 30.1 Å². The number of rotatable bonds is 5. The number of ether oxygens (including phenoxy) is 1. The fourth-order valence-corrected chi connectivity index (χ4v) is 8.90. The van der Waals surface area contributed by atoms with Crippen molar-refractivity contribution in [1.29, 1.82) is 0 Å². The van der Waals surface area contributed by atoms with E-state index in [9.17, 15) is 22.7 Å². The van der Waals surface area contributed by atoms with Crippen molar-refractivity contribution in [2.24, 2.45) is 17.8 Å². The van der Waals surface area contributed by atoms with Gasteiger partial charge in [0.25, 0.3) is 0 Å². The Morgan fingerprint density at radius 1 is 1.04 bits per heavy atom. The third-order valence-corrected chi connectivity index (χ3v) is 10.8. The molecule has 46 heavy (non-hydrogen) atoms. The van der Waals surface area contributed by atoms with Gasteiger partial charge in [-0.05, 0) is 90.9 Å². The van der Waals surface area contributed by atoms with E-state index in [4.69, 9.17) is 21.1 Å². The van der Waals surface area contributed by atoms with Gasteiger partial charge in [-0.1, -0.05) is 24.1 Å². The van der Waals surface area contributed by atoms with Gasteiger partial charge in [0.05, 0.1) is 17.0 Å². The van der Waals surface area contributed by atoms with Crippen molar-refractivity contribution in [3.63, 3.8) is 0 Å². The highest BCUT2D eigenvalue weighted by atomic mass is 19.4. The molecular formula is C36H34F4N4O2. The first-order chi connectivity index (χ1) is 22.1. The molecule has 3 saturated heterocycles. The fourth-order valence-electron chi connectivity index (χ4n) is 8.90. The summed E-state index contributed by atoms with van der Waals surface area (Å²) in [5, 5.41) is 12.9. The molecule has 2 bridgehead atoms. The summed E-state index contributed by atoms with van der Waals surface area (Å²) in [6.07, 6.45) is 3.99. The van der Waals surface area contributed by atoms with E-state index in [0.29, 0.717) is 48.1 Å². The van der Waals surface area contributed by atoms with Crippen molar-refractivity contribution < 1.29 is 27.4 Å². The minimum Gasteiger partial charge on any atom is -0.508 e. The number of anilines is 1. The average Bonchev–Trinajstić information content (AvgIpc) is 3.65. The summed E-state index contributed by atoms with van der Waals surface area (Å²) in [6.45, 7) is 1.95. The van der Waals surface area contributed by atoms with Gasteiger partial charge in [0.1, 0.15) is 24.3 Å². The number of hydrogen-bond donors (Lipinski definition) is 1. The van der Waals surface area contributed by atoms with Gasteiger partial charge in [-0.2, -0.15) is 23.1 Å². The summed E-state index contributed by atoms with van der Waals surface area (Å²) < 4.78 is 62.7. The molecule has 6 nitrogen and oxygen atoms in total. The summed E-state index contributed by atoms with van der Waals surface area (Å²) >= 11 is 0. The van der Waals surface area contributed by atoms with Crippen LogP contribution >= 0.6 is 0 Å². The summed E-state index contributed by atoms with van der Waals surface area (Å²) in [7, 11) is 0. The van der Waals surface area contributed by atoms with Gasteiger partial charge in [0.2, 0.25) is 0 Å². The van der Waals surface area contributed by atoms with Crippen LogP contribution in [0.5, 0.6) is 11.8 Å². The smallest absolute Gasteiger partial charge is 0.392 e. The highest BCUT2D eigenvalue weighted by Crippen LogP contribution is 2.51. The lowest BCUT2D eigenvalue weighted by atomic mass is 9.84. The number of alkyl halides is 4. The Balaban J connectivity index is 1.22. The first-order valence-corrected chi connectivity index (χ1v) is 16.0. The Morgan fingerprint density at radius 3 is 2.61 bits per heavy atom. The number of terminal acetylenes is 1. The topological polar surface area (TPSA) is 61.7 Å². The number of fused-ring (bicyclic) bond motifs is 5. The predicted octanol–water partition coefficient (Wildman–Crippen LogP) is 7.12. The zero-order valence-electron chi connectivity index (χ0n) is 25.2. The zero-order valence-corrected chi connectivity index (χ0v) is 25.2. The number of phenolic OH excluding ortho intramolecular Hbond substituents is 1. The van der Waals surface area contributed by atoms with Crippen molar-refractivity contribution in [2.75, 3.05) is 37.7 Å². The number of hydrogen-bond acceptors (Lipinski definition) is 6. The van der Waals surface area contributed by atoms with Crippen LogP contribution in [0.15, 0.2) is 48.5 Å². The maximum absolute atomic E-state index is 14.5. The lowest BCUT2D eigenvalue weighted by molar-refractivity contribution is -0.196. The normalized spacial score (nSPS) is 27.8.